The van der Waals surface area contributed by atoms with Gasteiger partial charge in [0.2, 0.25) is 0 Å². The maximum atomic E-state index is 8.97. The molecule has 0 spiro atoms. The Kier molecular flexibility index (Phi) is 3.55. The van der Waals surface area contributed by atoms with Gasteiger partial charge in [0, 0.05) is 11.0 Å². The van der Waals surface area contributed by atoms with E-state index in [0.717, 1.165) is 30.4 Å². The fourth-order valence-corrected chi connectivity index (χ4v) is 1.48. The normalized spacial score (nSPS) is 29.6. The minimum Gasteiger partial charge on any atom is -0.393 e. The van der Waals surface area contributed by atoms with Gasteiger partial charge in [0.15, 0.2) is 0 Å². The van der Waals surface area contributed by atoms with Crippen LogP contribution in [-0.4, -0.2) is 24.3 Å². The second-order valence-corrected chi connectivity index (χ2v) is 4.26. The van der Waals surface area contributed by atoms with Crippen molar-refractivity contribution in [2.24, 2.45) is 5.92 Å². The van der Waals surface area contributed by atoms with Gasteiger partial charge in [-0.05, 0) is 25.3 Å². The van der Waals surface area contributed by atoms with Crippen LogP contribution in [-0.2, 0) is 0 Å². The first-order valence-corrected chi connectivity index (χ1v) is 4.70. The van der Waals surface area contributed by atoms with Crippen LogP contribution in [0.25, 0.3) is 0 Å². The molecule has 64 valence electrons. The third kappa shape index (κ3) is 3.36. The molecule has 0 atom stereocenters. The Labute approximate surface area is 75.8 Å². The number of aliphatic hydroxyl groups is 1. The van der Waals surface area contributed by atoms with Gasteiger partial charge in [-0.3, -0.25) is 0 Å². The maximum absolute atomic E-state index is 8.97. The number of rotatable bonds is 4. The molecule has 0 heterocycles. The van der Waals surface area contributed by atoms with Crippen LogP contribution in [0.1, 0.15) is 12.8 Å². The molecule has 0 unspecified atom stereocenters. The highest BCUT2D eigenvalue weighted by molar-refractivity contribution is 9.11. The molecule has 0 aromatic rings. The minimum absolute atomic E-state index is 0.0334. The SMILES string of the molecule is C=C(Br)CNCC1CC(O)C1. The zero-order valence-electron chi connectivity index (χ0n) is 6.52. The van der Waals surface area contributed by atoms with E-state index < -0.39 is 0 Å². The van der Waals surface area contributed by atoms with Crippen molar-refractivity contribution in [2.45, 2.75) is 18.9 Å². The van der Waals surface area contributed by atoms with Gasteiger partial charge in [0.25, 0.3) is 0 Å². The first-order valence-electron chi connectivity index (χ1n) is 3.90. The van der Waals surface area contributed by atoms with Crippen molar-refractivity contribution in [2.75, 3.05) is 13.1 Å². The topological polar surface area (TPSA) is 32.3 Å². The number of nitrogens with one attached hydrogen (secondary N) is 1. The summed E-state index contributed by atoms with van der Waals surface area (Å²) < 4.78 is 0.984. The molecule has 1 rings (SSSR count). The maximum Gasteiger partial charge on any atom is 0.0546 e. The van der Waals surface area contributed by atoms with Gasteiger partial charge in [-0.2, -0.15) is 0 Å². The summed E-state index contributed by atoms with van der Waals surface area (Å²) >= 11 is 3.27. The third-order valence-electron chi connectivity index (χ3n) is 1.96. The van der Waals surface area contributed by atoms with Crippen molar-refractivity contribution in [3.63, 3.8) is 0 Å². The van der Waals surface area contributed by atoms with E-state index in [0.29, 0.717) is 5.92 Å². The van der Waals surface area contributed by atoms with Gasteiger partial charge < -0.3 is 10.4 Å². The van der Waals surface area contributed by atoms with Crippen molar-refractivity contribution >= 4 is 15.9 Å². The summed E-state index contributed by atoms with van der Waals surface area (Å²) in [5.41, 5.74) is 0. The van der Waals surface area contributed by atoms with Crippen LogP contribution in [0.2, 0.25) is 0 Å². The summed E-state index contributed by atoms with van der Waals surface area (Å²) in [6.45, 7) is 5.54. The Bertz CT molecular complexity index is 143. The van der Waals surface area contributed by atoms with Crippen molar-refractivity contribution in [1.29, 1.82) is 0 Å². The van der Waals surface area contributed by atoms with Crippen LogP contribution in [0.15, 0.2) is 11.1 Å². The highest BCUT2D eigenvalue weighted by atomic mass is 79.9. The lowest BCUT2D eigenvalue weighted by Gasteiger charge is -2.31. The van der Waals surface area contributed by atoms with Crippen molar-refractivity contribution < 1.29 is 5.11 Å². The van der Waals surface area contributed by atoms with Crippen LogP contribution in [0.3, 0.4) is 0 Å². The average molecular weight is 220 g/mol. The van der Waals surface area contributed by atoms with E-state index in [1.807, 2.05) is 0 Å². The monoisotopic (exact) mass is 219 g/mol. The fraction of sp³-hybridized carbons (Fsp3) is 0.750. The predicted octanol–water partition coefficient (Wildman–Crippen LogP) is 1.26. The molecule has 2 nitrogen and oxygen atoms in total. The first kappa shape index (κ1) is 9.23. The smallest absolute Gasteiger partial charge is 0.0546 e. The summed E-state index contributed by atoms with van der Waals surface area (Å²) in [6.07, 6.45) is 1.89. The molecular formula is C8H14BrNO. The molecule has 1 aliphatic carbocycles. The lowest BCUT2D eigenvalue weighted by Crippen LogP contribution is -2.36. The molecule has 0 aliphatic heterocycles. The quantitative estimate of drug-likeness (QED) is 0.747. The summed E-state index contributed by atoms with van der Waals surface area (Å²) in [6, 6.07) is 0. The molecule has 0 radical (unpaired) electrons. The molecule has 11 heavy (non-hydrogen) atoms. The average Bonchev–Trinajstić information content (AvgIpc) is 1.83. The van der Waals surface area contributed by atoms with Crippen molar-refractivity contribution in [3.05, 3.63) is 11.1 Å². The van der Waals surface area contributed by atoms with Crippen LogP contribution >= 0.6 is 15.9 Å². The van der Waals surface area contributed by atoms with E-state index in [1.165, 1.54) is 0 Å². The standard InChI is InChI=1S/C8H14BrNO/c1-6(9)4-10-5-7-2-8(11)3-7/h7-8,10-11H,1-5H2. The molecule has 0 aromatic carbocycles. The lowest BCUT2D eigenvalue weighted by molar-refractivity contribution is 0.0435. The summed E-state index contributed by atoms with van der Waals surface area (Å²) in [5, 5.41) is 12.2. The highest BCUT2D eigenvalue weighted by Crippen LogP contribution is 2.26. The van der Waals surface area contributed by atoms with Gasteiger partial charge in [-0.15, -0.1) is 0 Å². The van der Waals surface area contributed by atoms with E-state index in [1.54, 1.807) is 0 Å². The van der Waals surface area contributed by atoms with Crippen LogP contribution in [0, 0.1) is 5.92 Å². The summed E-state index contributed by atoms with van der Waals surface area (Å²) in [7, 11) is 0. The molecule has 2 N–H and O–H groups in total. The van der Waals surface area contributed by atoms with E-state index in [9.17, 15) is 0 Å². The zero-order chi connectivity index (χ0) is 8.27. The van der Waals surface area contributed by atoms with Crippen LogP contribution in [0.5, 0.6) is 0 Å². The third-order valence-corrected chi connectivity index (χ3v) is 2.24. The molecule has 0 bridgehead atoms. The molecule has 1 fully saturated rings. The van der Waals surface area contributed by atoms with Gasteiger partial charge in [-0.1, -0.05) is 22.5 Å². The molecular weight excluding hydrogens is 206 g/mol. The summed E-state index contributed by atoms with van der Waals surface area (Å²) in [5.74, 6) is 0.678. The second-order valence-electron chi connectivity index (χ2n) is 3.14. The number of hydrogen-bond donors (Lipinski definition) is 2. The van der Waals surface area contributed by atoms with Crippen LogP contribution < -0.4 is 5.32 Å². The van der Waals surface area contributed by atoms with E-state index in [2.05, 4.69) is 27.8 Å². The van der Waals surface area contributed by atoms with Crippen molar-refractivity contribution in [1.82, 2.24) is 5.32 Å². The highest BCUT2D eigenvalue weighted by Gasteiger charge is 2.26. The molecule has 0 aromatic heterocycles. The van der Waals surface area contributed by atoms with E-state index >= 15 is 0 Å². The van der Waals surface area contributed by atoms with Gasteiger partial charge in [0.1, 0.15) is 0 Å². The Hall–Kier alpha value is 0.140. The largest absolute Gasteiger partial charge is 0.393 e. The molecule has 0 amide bonds. The Morgan fingerprint density at radius 2 is 2.27 bits per heavy atom. The van der Waals surface area contributed by atoms with E-state index in [4.69, 9.17) is 5.11 Å². The second kappa shape index (κ2) is 4.24. The van der Waals surface area contributed by atoms with Crippen LogP contribution in [0.4, 0.5) is 0 Å². The molecule has 1 saturated carbocycles. The predicted molar refractivity (Wildman–Crippen MR) is 49.7 cm³/mol. The number of aliphatic hydroxyl groups excluding tert-OH is 1. The number of hydrogen-bond acceptors (Lipinski definition) is 2. The molecule has 0 saturated heterocycles. The van der Waals surface area contributed by atoms with Gasteiger partial charge in [-0.25, -0.2) is 0 Å². The summed E-state index contributed by atoms with van der Waals surface area (Å²) in [4.78, 5) is 0. The fourth-order valence-electron chi connectivity index (χ4n) is 1.28. The zero-order valence-corrected chi connectivity index (χ0v) is 8.10. The van der Waals surface area contributed by atoms with Gasteiger partial charge in [0.05, 0.1) is 6.10 Å². The Balaban J connectivity index is 1.92. The van der Waals surface area contributed by atoms with Crippen molar-refractivity contribution in [3.8, 4) is 0 Å². The Morgan fingerprint density at radius 3 is 2.73 bits per heavy atom. The first-order chi connectivity index (χ1) is 5.18. The Morgan fingerprint density at radius 1 is 1.64 bits per heavy atom. The van der Waals surface area contributed by atoms with E-state index in [-0.39, 0.29) is 6.10 Å². The minimum atomic E-state index is -0.0334. The number of halogens is 1. The van der Waals surface area contributed by atoms with Gasteiger partial charge >= 0.3 is 0 Å². The lowest BCUT2D eigenvalue weighted by atomic mass is 9.82. The molecule has 1 aliphatic rings. The molecule has 3 heteroatoms.